The van der Waals surface area contributed by atoms with Gasteiger partial charge in [0, 0.05) is 37.1 Å². The number of pyridine rings is 2. The summed E-state index contributed by atoms with van der Waals surface area (Å²) in [5.41, 5.74) is 3.80. The Bertz CT molecular complexity index is 1160. The Balaban J connectivity index is 1.38. The van der Waals surface area contributed by atoms with Crippen LogP contribution in [0.5, 0.6) is 0 Å². The van der Waals surface area contributed by atoms with Gasteiger partial charge in [0.1, 0.15) is 11.5 Å². The molecule has 4 rings (SSSR count). The molecule has 0 unspecified atom stereocenters. The van der Waals surface area contributed by atoms with E-state index >= 15 is 0 Å². The van der Waals surface area contributed by atoms with E-state index in [9.17, 15) is 9.59 Å². The summed E-state index contributed by atoms with van der Waals surface area (Å²) < 4.78 is 0. The van der Waals surface area contributed by atoms with Gasteiger partial charge in [0.15, 0.2) is 0 Å². The van der Waals surface area contributed by atoms with Crippen LogP contribution in [0.1, 0.15) is 58.4 Å². The lowest BCUT2D eigenvalue weighted by atomic mass is 10.1. The van der Waals surface area contributed by atoms with E-state index in [0.717, 1.165) is 35.5 Å². The van der Waals surface area contributed by atoms with Crippen LogP contribution in [-0.2, 0) is 4.79 Å². The van der Waals surface area contributed by atoms with Gasteiger partial charge in [-0.2, -0.15) is 0 Å². The summed E-state index contributed by atoms with van der Waals surface area (Å²) in [5.74, 6) is 0.721. The van der Waals surface area contributed by atoms with Crippen molar-refractivity contribution in [3.05, 3.63) is 70.9 Å². The van der Waals surface area contributed by atoms with E-state index in [1.165, 1.54) is 0 Å². The Labute approximate surface area is 199 Å². The number of nitrogens with one attached hydrogen (secondary N) is 2. The first-order chi connectivity index (χ1) is 16.4. The Morgan fingerprint density at radius 2 is 1.85 bits per heavy atom. The van der Waals surface area contributed by atoms with Gasteiger partial charge in [0.25, 0.3) is 5.91 Å². The summed E-state index contributed by atoms with van der Waals surface area (Å²) in [5, 5.41) is 5.92. The zero-order valence-electron chi connectivity index (χ0n) is 19.7. The largest absolute Gasteiger partial charge is 0.354 e. The van der Waals surface area contributed by atoms with Crippen LogP contribution in [0, 0.1) is 20.8 Å². The minimum Gasteiger partial charge on any atom is -0.354 e. The van der Waals surface area contributed by atoms with Crippen LogP contribution >= 0.6 is 0 Å². The van der Waals surface area contributed by atoms with Crippen molar-refractivity contribution in [3.8, 4) is 0 Å². The van der Waals surface area contributed by atoms with Crippen LogP contribution in [-0.4, -0.2) is 49.7 Å². The molecular weight excluding hydrogens is 430 g/mol. The van der Waals surface area contributed by atoms with Gasteiger partial charge in [-0.05, 0) is 63.4 Å². The number of nitrogens with zero attached hydrogens (tertiary/aromatic N) is 5. The molecule has 0 bridgehead atoms. The van der Waals surface area contributed by atoms with E-state index in [1.54, 1.807) is 24.4 Å². The number of carbonyl (C=O) groups is 2. The number of rotatable bonds is 7. The number of hydrogen-bond acceptors (Lipinski definition) is 7. The van der Waals surface area contributed by atoms with Crippen LogP contribution in [0.3, 0.4) is 0 Å². The first-order valence-corrected chi connectivity index (χ1v) is 11.5. The van der Waals surface area contributed by atoms with Crippen LogP contribution in [0.25, 0.3) is 0 Å². The van der Waals surface area contributed by atoms with Crippen molar-refractivity contribution in [2.24, 2.45) is 0 Å². The maximum atomic E-state index is 13.0. The predicted octanol–water partition coefficient (Wildman–Crippen LogP) is 3.61. The van der Waals surface area contributed by atoms with Crippen molar-refractivity contribution in [1.82, 2.24) is 24.8 Å². The maximum Gasteiger partial charge on any atom is 0.275 e. The molecular formula is C25H29N7O2. The van der Waals surface area contributed by atoms with Gasteiger partial charge in [-0.15, -0.1) is 0 Å². The lowest BCUT2D eigenvalue weighted by molar-refractivity contribution is -0.131. The summed E-state index contributed by atoms with van der Waals surface area (Å²) >= 11 is 0. The molecule has 2 N–H and O–H groups in total. The number of amides is 2. The number of likely N-dealkylation sites (tertiary alicyclic amines) is 1. The third-order valence-electron chi connectivity index (χ3n) is 5.68. The van der Waals surface area contributed by atoms with Gasteiger partial charge in [0.05, 0.1) is 11.7 Å². The normalized spacial score (nSPS) is 15.3. The Kier molecular flexibility index (Phi) is 7.10. The fraction of sp³-hybridized carbons (Fsp3) is 0.360. The maximum absolute atomic E-state index is 13.0. The molecule has 176 valence electrons. The standard InChI is InChI=1S/C25H29N7O2/c1-16-9-10-22(27-15-16)31-24(34)20-7-4-6-19(30-20)21-8-5-13-32(21)23(33)11-12-26-25-28-17(2)14-18(3)29-25/h4,6-7,9-10,14-15,21H,5,8,11-13H2,1-3H3,(H,26,28,29)(H,27,31,34)/t21-/m1/s1. The van der Waals surface area contributed by atoms with Gasteiger partial charge >= 0.3 is 0 Å². The van der Waals surface area contributed by atoms with Crippen molar-refractivity contribution >= 4 is 23.6 Å². The van der Waals surface area contributed by atoms with Crippen LogP contribution in [0.15, 0.2) is 42.6 Å². The molecule has 0 aromatic carbocycles. The summed E-state index contributed by atoms with van der Waals surface area (Å²) in [7, 11) is 0. The second kappa shape index (κ2) is 10.4. The predicted molar refractivity (Wildman–Crippen MR) is 129 cm³/mol. The fourth-order valence-electron chi connectivity index (χ4n) is 4.09. The molecule has 1 atom stereocenters. The number of hydrogen-bond donors (Lipinski definition) is 2. The Morgan fingerprint density at radius 3 is 2.59 bits per heavy atom. The molecule has 9 nitrogen and oxygen atoms in total. The molecule has 0 aliphatic carbocycles. The molecule has 1 aliphatic rings. The van der Waals surface area contributed by atoms with Crippen molar-refractivity contribution in [2.75, 3.05) is 23.7 Å². The number of aryl methyl sites for hydroxylation is 3. The lowest BCUT2D eigenvalue weighted by Gasteiger charge is -2.24. The molecule has 34 heavy (non-hydrogen) atoms. The first-order valence-electron chi connectivity index (χ1n) is 11.5. The SMILES string of the molecule is Cc1ccc(NC(=O)c2cccc([C@H]3CCCN3C(=O)CCNc3nc(C)cc(C)n3)n2)nc1. The second-order valence-corrected chi connectivity index (χ2v) is 8.52. The van der Waals surface area contributed by atoms with Gasteiger partial charge in [0.2, 0.25) is 11.9 Å². The van der Waals surface area contributed by atoms with Crippen molar-refractivity contribution < 1.29 is 9.59 Å². The second-order valence-electron chi connectivity index (χ2n) is 8.52. The van der Waals surface area contributed by atoms with E-state index in [1.807, 2.05) is 43.9 Å². The molecule has 1 saturated heterocycles. The van der Waals surface area contributed by atoms with Crippen molar-refractivity contribution in [2.45, 2.75) is 46.1 Å². The Hall–Kier alpha value is -3.88. The van der Waals surface area contributed by atoms with Crippen molar-refractivity contribution in [1.29, 1.82) is 0 Å². The topological polar surface area (TPSA) is 113 Å². The monoisotopic (exact) mass is 459 g/mol. The zero-order valence-corrected chi connectivity index (χ0v) is 19.7. The number of anilines is 2. The summed E-state index contributed by atoms with van der Waals surface area (Å²) in [6, 6.07) is 10.8. The number of aromatic nitrogens is 4. The van der Waals surface area contributed by atoms with Gasteiger partial charge in [-0.25, -0.2) is 19.9 Å². The Morgan fingerprint density at radius 1 is 1.06 bits per heavy atom. The summed E-state index contributed by atoms with van der Waals surface area (Å²) in [4.78, 5) is 45.0. The van der Waals surface area contributed by atoms with Gasteiger partial charge in [-0.1, -0.05) is 12.1 Å². The van der Waals surface area contributed by atoms with E-state index in [-0.39, 0.29) is 17.9 Å². The molecule has 3 aromatic heterocycles. The third-order valence-corrected chi connectivity index (χ3v) is 5.68. The minimum atomic E-state index is -0.327. The zero-order chi connectivity index (χ0) is 24.1. The summed E-state index contributed by atoms with van der Waals surface area (Å²) in [6.07, 6.45) is 3.74. The number of carbonyl (C=O) groups excluding carboxylic acids is 2. The molecule has 2 amide bonds. The average Bonchev–Trinajstić information content (AvgIpc) is 3.30. The highest BCUT2D eigenvalue weighted by atomic mass is 16.2. The molecule has 0 spiro atoms. The van der Waals surface area contributed by atoms with E-state index in [2.05, 4.69) is 30.6 Å². The molecule has 9 heteroatoms. The lowest BCUT2D eigenvalue weighted by Crippen LogP contribution is -2.32. The smallest absolute Gasteiger partial charge is 0.275 e. The first kappa shape index (κ1) is 23.3. The molecule has 0 saturated carbocycles. The quantitative estimate of drug-likeness (QED) is 0.555. The average molecular weight is 460 g/mol. The molecule has 3 aromatic rings. The highest BCUT2D eigenvalue weighted by molar-refractivity contribution is 6.02. The molecule has 4 heterocycles. The van der Waals surface area contributed by atoms with E-state index in [0.29, 0.717) is 37.0 Å². The fourth-order valence-corrected chi connectivity index (χ4v) is 4.09. The summed E-state index contributed by atoms with van der Waals surface area (Å²) in [6.45, 7) is 6.89. The van der Waals surface area contributed by atoms with Crippen LogP contribution < -0.4 is 10.6 Å². The van der Waals surface area contributed by atoms with Crippen LogP contribution in [0.4, 0.5) is 11.8 Å². The van der Waals surface area contributed by atoms with Gasteiger partial charge < -0.3 is 15.5 Å². The molecule has 1 aliphatic heterocycles. The third kappa shape index (κ3) is 5.72. The highest BCUT2D eigenvalue weighted by Crippen LogP contribution is 2.31. The molecule has 1 fully saturated rings. The van der Waals surface area contributed by atoms with E-state index in [4.69, 9.17) is 0 Å². The highest BCUT2D eigenvalue weighted by Gasteiger charge is 2.31. The minimum absolute atomic E-state index is 0.0416. The van der Waals surface area contributed by atoms with Crippen LogP contribution in [0.2, 0.25) is 0 Å². The van der Waals surface area contributed by atoms with Crippen molar-refractivity contribution in [3.63, 3.8) is 0 Å². The van der Waals surface area contributed by atoms with Gasteiger partial charge in [-0.3, -0.25) is 9.59 Å². The molecule has 0 radical (unpaired) electrons. The van der Waals surface area contributed by atoms with E-state index < -0.39 is 0 Å².